The van der Waals surface area contributed by atoms with Crippen LogP contribution in [0.3, 0.4) is 0 Å². The number of hydrogen-bond donors (Lipinski definition) is 0. The van der Waals surface area contributed by atoms with Gasteiger partial charge in [-0.05, 0) is 51.5 Å². The van der Waals surface area contributed by atoms with Crippen LogP contribution in [-0.2, 0) is 9.53 Å². The minimum atomic E-state index is -0.446. The third-order valence-electron chi connectivity index (χ3n) is 3.45. The summed E-state index contributed by atoms with van der Waals surface area (Å²) in [5, 5.41) is 0. The van der Waals surface area contributed by atoms with Crippen molar-refractivity contribution < 1.29 is 23.8 Å². The Bertz CT molecular complexity index is 605. The van der Waals surface area contributed by atoms with Gasteiger partial charge in [-0.2, -0.15) is 0 Å². The number of hydrogen-bond acceptors (Lipinski definition) is 5. The number of allylic oxidation sites excluding steroid dienone is 1. The van der Waals surface area contributed by atoms with Gasteiger partial charge < -0.3 is 19.1 Å². The number of carbonyl (C=O) groups is 2. The molecule has 0 N–H and O–H groups in total. The molecule has 1 rings (SSSR count). The van der Waals surface area contributed by atoms with E-state index in [0.717, 1.165) is 0 Å². The van der Waals surface area contributed by atoms with Crippen molar-refractivity contribution in [1.82, 2.24) is 4.90 Å². The van der Waals surface area contributed by atoms with E-state index in [0.29, 0.717) is 42.3 Å². The number of ether oxygens (including phenoxy) is 3. The van der Waals surface area contributed by atoms with Gasteiger partial charge in [-0.3, -0.25) is 0 Å². The highest BCUT2D eigenvalue weighted by Gasteiger charge is 2.16. The van der Waals surface area contributed by atoms with Gasteiger partial charge in [-0.15, -0.1) is 0 Å². The topological polar surface area (TPSA) is 65.1 Å². The van der Waals surface area contributed by atoms with Crippen LogP contribution < -0.4 is 9.47 Å². The van der Waals surface area contributed by atoms with Crippen molar-refractivity contribution in [3.63, 3.8) is 0 Å². The van der Waals surface area contributed by atoms with Crippen molar-refractivity contribution in [1.29, 1.82) is 0 Å². The Hall–Kier alpha value is -2.50. The van der Waals surface area contributed by atoms with Crippen molar-refractivity contribution >= 4 is 17.6 Å². The molecular weight excluding hydrogens is 310 g/mol. The molecule has 0 unspecified atom stereocenters. The maximum Gasteiger partial charge on any atom is 0.415 e. The summed E-state index contributed by atoms with van der Waals surface area (Å²) in [5.74, 6) is 0.522. The molecule has 0 aliphatic heterocycles. The maximum atomic E-state index is 12.2. The molecule has 0 radical (unpaired) electrons. The van der Waals surface area contributed by atoms with E-state index < -0.39 is 12.1 Å². The van der Waals surface area contributed by atoms with E-state index in [2.05, 4.69) is 0 Å². The molecule has 0 heterocycles. The summed E-state index contributed by atoms with van der Waals surface area (Å²) in [4.78, 5) is 25.4. The van der Waals surface area contributed by atoms with Gasteiger partial charge in [-0.25, -0.2) is 9.59 Å². The van der Waals surface area contributed by atoms with Gasteiger partial charge in [0.05, 0.1) is 13.7 Å². The average Bonchev–Trinajstić information content (AvgIpc) is 2.56. The van der Waals surface area contributed by atoms with E-state index in [1.807, 2.05) is 13.8 Å². The number of nitrogens with zero attached hydrogens (tertiary/aromatic N) is 1. The minimum absolute atomic E-state index is 0.296. The van der Waals surface area contributed by atoms with Gasteiger partial charge in [0.25, 0.3) is 0 Å². The third kappa shape index (κ3) is 5.30. The lowest BCUT2D eigenvalue weighted by Crippen LogP contribution is -2.33. The van der Waals surface area contributed by atoms with Gasteiger partial charge in [0.2, 0.25) is 0 Å². The molecule has 1 amide bonds. The van der Waals surface area contributed by atoms with E-state index in [1.54, 1.807) is 44.1 Å². The van der Waals surface area contributed by atoms with Crippen molar-refractivity contribution in [2.24, 2.45) is 0 Å². The molecule has 0 aromatic heterocycles. The zero-order valence-corrected chi connectivity index (χ0v) is 14.9. The van der Waals surface area contributed by atoms with Crippen LogP contribution in [0.15, 0.2) is 24.3 Å². The van der Waals surface area contributed by atoms with Crippen molar-refractivity contribution in [2.45, 2.75) is 27.7 Å². The maximum absolute atomic E-state index is 12.2. The first-order chi connectivity index (χ1) is 11.5. The van der Waals surface area contributed by atoms with E-state index in [1.165, 1.54) is 6.08 Å². The van der Waals surface area contributed by atoms with Crippen LogP contribution in [0.4, 0.5) is 4.79 Å². The molecule has 0 saturated carbocycles. The smallest absolute Gasteiger partial charge is 0.415 e. The molecule has 0 spiro atoms. The van der Waals surface area contributed by atoms with Crippen LogP contribution >= 0.6 is 0 Å². The zero-order valence-electron chi connectivity index (χ0n) is 14.9. The predicted molar refractivity (Wildman–Crippen MR) is 92.2 cm³/mol. The van der Waals surface area contributed by atoms with Crippen LogP contribution in [0.25, 0.3) is 5.57 Å². The van der Waals surface area contributed by atoms with Crippen LogP contribution in [0.5, 0.6) is 11.5 Å². The molecule has 6 heteroatoms. The molecule has 0 saturated heterocycles. The second-order valence-corrected chi connectivity index (χ2v) is 4.98. The third-order valence-corrected chi connectivity index (χ3v) is 3.45. The lowest BCUT2D eigenvalue weighted by atomic mass is 10.1. The fourth-order valence-corrected chi connectivity index (χ4v) is 2.11. The van der Waals surface area contributed by atoms with Crippen LogP contribution in [0.1, 0.15) is 33.3 Å². The monoisotopic (exact) mass is 335 g/mol. The molecule has 1 aromatic rings. The molecule has 1 aromatic carbocycles. The van der Waals surface area contributed by atoms with Crippen molar-refractivity contribution in [3.8, 4) is 11.5 Å². The Morgan fingerprint density at radius 1 is 1.17 bits per heavy atom. The first-order valence-electron chi connectivity index (χ1n) is 7.96. The highest BCUT2D eigenvalue weighted by Crippen LogP contribution is 2.30. The molecule has 0 atom stereocenters. The summed E-state index contributed by atoms with van der Waals surface area (Å²) < 4.78 is 15.6. The van der Waals surface area contributed by atoms with Gasteiger partial charge >= 0.3 is 12.1 Å². The van der Waals surface area contributed by atoms with Crippen LogP contribution in [0.2, 0.25) is 0 Å². The summed E-state index contributed by atoms with van der Waals surface area (Å²) in [6, 6.07) is 5.07. The number of amides is 1. The Morgan fingerprint density at radius 3 is 2.38 bits per heavy atom. The van der Waals surface area contributed by atoms with E-state index >= 15 is 0 Å². The predicted octanol–water partition coefficient (Wildman–Crippen LogP) is 3.50. The lowest BCUT2D eigenvalue weighted by Gasteiger charge is -2.19. The second-order valence-electron chi connectivity index (χ2n) is 4.98. The van der Waals surface area contributed by atoms with Gasteiger partial charge in [-0.1, -0.05) is 0 Å². The largest absolute Gasteiger partial charge is 0.497 e. The summed E-state index contributed by atoms with van der Waals surface area (Å²) in [6.07, 6.45) is 0.933. The normalized spacial score (nSPS) is 11.0. The molecule has 132 valence electrons. The van der Waals surface area contributed by atoms with Gasteiger partial charge in [0.1, 0.15) is 11.5 Å². The molecule has 6 nitrogen and oxygen atoms in total. The van der Waals surface area contributed by atoms with Crippen LogP contribution in [0, 0.1) is 0 Å². The summed E-state index contributed by atoms with van der Waals surface area (Å²) in [6.45, 7) is 8.66. The number of esters is 1. The molecule has 0 aliphatic carbocycles. The summed E-state index contributed by atoms with van der Waals surface area (Å²) in [5.41, 5.74) is 1.22. The Labute approximate surface area is 143 Å². The minimum Gasteiger partial charge on any atom is -0.497 e. The number of methoxy groups -OCH3 is 1. The fraction of sp³-hybridized carbons (Fsp3) is 0.444. The first-order valence-corrected chi connectivity index (χ1v) is 7.96. The quantitative estimate of drug-likeness (QED) is 0.563. The van der Waals surface area contributed by atoms with E-state index in [9.17, 15) is 9.59 Å². The van der Waals surface area contributed by atoms with Crippen LogP contribution in [-0.4, -0.2) is 43.8 Å². The molecule has 24 heavy (non-hydrogen) atoms. The molecular formula is C18H25NO5. The number of rotatable bonds is 7. The SMILES string of the molecule is CCOC(=O)/C=C(\C)c1cc(OC)ccc1OC(=O)N(CC)CC. The summed E-state index contributed by atoms with van der Waals surface area (Å²) >= 11 is 0. The molecule has 0 bridgehead atoms. The molecule has 0 aliphatic rings. The average molecular weight is 335 g/mol. The highest BCUT2D eigenvalue weighted by atomic mass is 16.6. The summed E-state index contributed by atoms with van der Waals surface area (Å²) in [7, 11) is 1.55. The fourth-order valence-electron chi connectivity index (χ4n) is 2.11. The Morgan fingerprint density at radius 2 is 1.83 bits per heavy atom. The Kier molecular flexibility index (Phi) is 7.82. The lowest BCUT2D eigenvalue weighted by molar-refractivity contribution is -0.137. The number of benzene rings is 1. The Balaban J connectivity index is 3.17. The highest BCUT2D eigenvalue weighted by molar-refractivity contribution is 5.92. The van der Waals surface area contributed by atoms with E-state index in [4.69, 9.17) is 14.2 Å². The first kappa shape index (κ1) is 19.5. The van der Waals surface area contributed by atoms with Crippen molar-refractivity contribution in [2.75, 3.05) is 26.8 Å². The van der Waals surface area contributed by atoms with Crippen molar-refractivity contribution in [3.05, 3.63) is 29.8 Å². The standard InChI is InChI=1S/C18H25NO5/c1-6-19(7-2)18(21)24-16-10-9-14(22-5)12-15(16)13(4)11-17(20)23-8-3/h9-12H,6-8H2,1-5H3/b13-11+. The zero-order chi connectivity index (χ0) is 18.1. The van der Waals surface area contributed by atoms with Gasteiger partial charge in [0.15, 0.2) is 0 Å². The molecule has 0 fully saturated rings. The number of carbonyl (C=O) groups excluding carboxylic acids is 2. The van der Waals surface area contributed by atoms with E-state index in [-0.39, 0.29) is 0 Å². The second kappa shape index (κ2) is 9.60. The van der Waals surface area contributed by atoms with Gasteiger partial charge in [0, 0.05) is 24.7 Å².